The highest BCUT2D eigenvalue weighted by molar-refractivity contribution is 5.83. The molecule has 0 saturated heterocycles. The number of hydrogen-bond acceptors (Lipinski definition) is 2. The van der Waals surface area contributed by atoms with Crippen LogP contribution in [0.15, 0.2) is 194 Å². The summed E-state index contributed by atoms with van der Waals surface area (Å²) >= 11 is 0. The molecule has 7 aromatic carbocycles. The average Bonchev–Trinajstić information content (AvgIpc) is 3.53. The van der Waals surface area contributed by atoms with E-state index < -0.39 is 11.2 Å². The van der Waals surface area contributed by atoms with E-state index in [2.05, 4.69) is 209 Å². The lowest BCUT2D eigenvalue weighted by Crippen LogP contribution is -2.66. The molecule has 1 fully saturated rings. The first-order chi connectivity index (χ1) is 35.9. The van der Waals surface area contributed by atoms with Crippen molar-refractivity contribution in [3.05, 3.63) is 244 Å². The Kier molecular flexibility index (Phi) is 13.4. The van der Waals surface area contributed by atoms with Crippen LogP contribution >= 0.6 is 0 Å². The van der Waals surface area contributed by atoms with E-state index in [9.17, 15) is 0 Å². The molecule has 4 bridgehead atoms. The summed E-state index contributed by atoms with van der Waals surface area (Å²) in [5, 5.41) is 0. The van der Waals surface area contributed by atoms with E-state index in [1.165, 1.54) is 86.0 Å². The van der Waals surface area contributed by atoms with Crippen molar-refractivity contribution in [3.8, 4) is 22.6 Å². The zero-order valence-corrected chi connectivity index (χ0v) is 43.6. The quantitative estimate of drug-likeness (QED) is 0.144. The third-order valence-electron chi connectivity index (χ3n) is 18.6. The van der Waals surface area contributed by atoms with E-state index >= 15 is 0 Å². The molecule has 1 saturated carbocycles. The summed E-state index contributed by atoms with van der Waals surface area (Å²) in [6, 6.07) is 66.6. The second kappa shape index (κ2) is 20.5. The van der Waals surface area contributed by atoms with Gasteiger partial charge in [0, 0.05) is 35.8 Å². The minimum atomic E-state index is -0.764. The largest absolute Gasteiger partial charge is 0.482 e. The molecule has 8 unspecified atom stereocenters. The SMILES string of the molecule is CCC(c1ccccc1-c1ccccc1)c1cccc2c1OC1(Cc3ccccc3)CC(CCCC3CC1(Cc1ccccc1)Oc1c(cccc1C1Cc4ccccc4C4=C1CCC=C4)CCC3C)C(C)C2. The summed E-state index contributed by atoms with van der Waals surface area (Å²) in [6.45, 7) is 7.53. The molecule has 2 heteroatoms. The lowest BCUT2D eigenvalue weighted by Gasteiger charge is -2.54. The van der Waals surface area contributed by atoms with Crippen LogP contribution in [0.4, 0.5) is 0 Å². The average molecular weight is 959 g/mol. The maximum Gasteiger partial charge on any atom is 0.153 e. The fraction of sp³-hybridized carbons (Fsp3) is 0.352. The van der Waals surface area contributed by atoms with Crippen LogP contribution in [0, 0.1) is 23.7 Å². The van der Waals surface area contributed by atoms with Gasteiger partial charge in [-0.2, -0.15) is 0 Å². The molecule has 0 aromatic heterocycles. The highest BCUT2D eigenvalue weighted by atomic mass is 16.6. The molecule has 12 rings (SSSR count). The van der Waals surface area contributed by atoms with Gasteiger partial charge in [-0.3, -0.25) is 0 Å². The topological polar surface area (TPSA) is 18.5 Å². The van der Waals surface area contributed by atoms with Gasteiger partial charge in [0.15, 0.2) is 11.2 Å². The van der Waals surface area contributed by atoms with Crippen LogP contribution in [-0.2, 0) is 32.1 Å². The number of hydrogen-bond donors (Lipinski definition) is 0. The van der Waals surface area contributed by atoms with Crippen LogP contribution in [0.2, 0.25) is 0 Å². The van der Waals surface area contributed by atoms with E-state index in [0.29, 0.717) is 23.7 Å². The maximum absolute atomic E-state index is 8.80. The predicted octanol–water partition coefficient (Wildman–Crippen LogP) is 17.7. The lowest BCUT2D eigenvalue weighted by atomic mass is 9.64. The van der Waals surface area contributed by atoms with Crippen molar-refractivity contribution >= 4 is 5.57 Å². The van der Waals surface area contributed by atoms with Crippen LogP contribution in [0.3, 0.4) is 0 Å². The molecular formula is C71H74O2. The Morgan fingerprint density at radius 2 is 1.11 bits per heavy atom. The number of aryl methyl sites for hydroxylation is 1. The molecule has 370 valence electrons. The molecule has 8 atom stereocenters. The van der Waals surface area contributed by atoms with Gasteiger partial charge in [-0.15, -0.1) is 0 Å². The van der Waals surface area contributed by atoms with Gasteiger partial charge in [-0.25, -0.2) is 0 Å². The number of rotatable bonds is 9. The minimum absolute atomic E-state index is 0.120. The number of para-hydroxylation sites is 2. The monoisotopic (exact) mass is 959 g/mol. The molecule has 2 aliphatic heterocycles. The molecular weight excluding hydrogens is 885 g/mol. The molecule has 3 aliphatic carbocycles. The summed E-state index contributed by atoms with van der Waals surface area (Å²) in [6.07, 6.45) is 19.1. The summed E-state index contributed by atoms with van der Waals surface area (Å²) in [4.78, 5) is 0. The zero-order valence-electron chi connectivity index (χ0n) is 43.6. The van der Waals surface area contributed by atoms with Crippen LogP contribution in [0.25, 0.3) is 16.7 Å². The molecule has 2 nitrogen and oxygen atoms in total. The van der Waals surface area contributed by atoms with Crippen LogP contribution in [0.5, 0.6) is 11.5 Å². The second-order valence-electron chi connectivity index (χ2n) is 23.0. The molecule has 73 heavy (non-hydrogen) atoms. The maximum atomic E-state index is 8.80. The third-order valence-corrected chi connectivity index (χ3v) is 18.6. The normalized spacial score (nSPS) is 25.9. The highest BCUT2D eigenvalue weighted by Crippen LogP contribution is 2.56. The molecule has 7 aromatic rings. The second-order valence-corrected chi connectivity index (χ2v) is 23.0. The standard InChI is InChI=1S/C71H74O2/c1-4-59(62-36-17-16-34-60(62)53-27-12-7-13-28-53)65-39-22-31-56-43-50(3)58-33-20-32-57-47-70(45-51-23-8-5-9-24-51,71(48-58,73-69(56)65)46-52-25-10-6-11-26-52)72-68-54(42-41-49(57)2)30-21-40-66(68)67-44-55-29-14-15-35-61(55)63-37-18-19-38-64(63)67/h5-18,21-31,34-37,39-40,49-50,57-59,67H,4,19-20,32-33,38,41-48H2,1-3H3. The van der Waals surface area contributed by atoms with E-state index in [1.807, 2.05) is 0 Å². The third kappa shape index (κ3) is 9.12. The molecule has 5 aliphatic rings. The Hall–Kier alpha value is -6.38. The van der Waals surface area contributed by atoms with Crippen molar-refractivity contribution in [2.24, 2.45) is 23.7 Å². The minimum Gasteiger partial charge on any atom is -0.482 e. The number of ether oxygens (including phenoxy) is 2. The Morgan fingerprint density at radius 3 is 1.84 bits per heavy atom. The molecule has 0 spiro atoms. The van der Waals surface area contributed by atoms with E-state index in [0.717, 1.165) is 82.1 Å². The summed E-state index contributed by atoms with van der Waals surface area (Å²) in [5.41, 5.74) is 16.3. The van der Waals surface area contributed by atoms with Gasteiger partial charge in [0.05, 0.1) is 0 Å². The first-order valence-electron chi connectivity index (χ1n) is 28.2. The Labute approximate surface area is 436 Å². The number of allylic oxidation sites excluding steroid dienone is 4. The van der Waals surface area contributed by atoms with Gasteiger partial charge in [0.1, 0.15) is 11.5 Å². The van der Waals surface area contributed by atoms with Gasteiger partial charge < -0.3 is 9.47 Å². The van der Waals surface area contributed by atoms with Crippen LogP contribution in [-0.4, -0.2) is 11.2 Å². The molecule has 0 N–H and O–H groups in total. The van der Waals surface area contributed by atoms with Crippen LogP contribution < -0.4 is 9.47 Å². The zero-order chi connectivity index (χ0) is 49.4. The Morgan fingerprint density at radius 1 is 0.521 bits per heavy atom. The van der Waals surface area contributed by atoms with Crippen molar-refractivity contribution in [2.45, 2.75) is 134 Å². The van der Waals surface area contributed by atoms with Crippen molar-refractivity contribution in [1.29, 1.82) is 0 Å². The van der Waals surface area contributed by atoms with Gasteiger partial charge in [-0.1, -0.05) is 234 Å². The smallest absolute Gasteiger partial charge is 0.153 e. The van der Waals surface area contributed by atoms with E-state index in [-0.39, 0.29) is 11.8 Å². The Balaban J connectivity index is 1.13. The molecule has 0 amide bonds. The molecule has 0 radical (unpaired) electrons. The first kappa shape index (κ1) is 47.6. The van der Waals surface area contributed by atoms with Crippen molar-refractivity contribution in [2.75, 3.05) is 0 Å². The van der Waals surface area contributed by atoms with Crippen molar-refractivity contribution in [1.82, 2.24) is 0 Å². The summed E-state index contributed by atoms with van der Waals surface area (Å²) in [7, 11) is 0. The molecule has 2 heterocycles. The van der Waals surface area contributed by atoms with E-state index in [4.69, 9.17) is 9.47 Å². The van der Waals surface area contributed by atoms with E-state index in [1.54, 1.807) is 5.57 Å². The fourth-order valence-corrected chi connectivity index (χ4v) is 14.8. The highest BCUT2D eigenvalue weighted by Gasteiger charge is 2.60. The number of benzene rings is 7. The fourth-order valence-electron chi connectivity index (χ4n) is 14.8. The first-order valence-corrected chi connectivity index (χ1v) is 28.2. The van der Waals surface area contributed by atoms with Crippen LogP contribution in [0.1, 0.15) is 140 Å². The number of fused-ring (bicyclic) bond motifs is 9. The van der Waals surface area contributed by atoms with Crippen molar-refractivity contribution < 1.29 is 9.47 Å². The van der Waals surface area contributed by atoms with Gasteiger partial charge in [0.25, 0.3) is 0 Å². The lowest BCUT2D eigenvalue weighted by molar-refractivity contribution is -0.146. The van der Waals surface area contributed by atoms with Gasteiger partial charge >= 0.3 is 0 Å². The van der Waals surface area contributed by atoms with Crippen molar-refractivity contribution in [3.63, 3.8) is 0 Å². The van der Waals surface area contributed by atoms with Gasteiger partial charge in [0.2, 0.25) is 0 Å². The predicted molar refractivity (Wildman–Crippen MR) is 303 cm³/mol. The summed E-state index contributed by atoms with van der Waals surface area (Å²) < 4.78 is 17.5. The van der Waals surface area contributed by atoms with Gasteiger partial charge in [-0.05, 0) is 137 Å². The Bertz CT molecular complexity index is 3110. The summed E-state index contributed by atoms with van der Waals surface area (Å²) in [5.74, 6) is 4.46.